The molecule has 0 aliphatic carbocycles. The van der Waals surface area contributed by atoms with Crippen LogP contribution in [0.15, 0.2) is 24.3 Å². The maximum Gasteiger partial charge on any atom is 0.253 e. The Hall–Kier alpha value is -1.06. The summed E-state index contributed by atoms with van der Waals surface area (Å²) >= 11 is 0. The van der Waals surface area contributed by atoms with Crippen molar-refractivity contribution in [2.24, 2.45) is 17.6 Å². The molecule has 0 aromatic heterocycles. The van der Waals surface area contributed by atoms with Crippen molar-refractivity contribution in [2.75, 3.05) is 13.1 Å². The highest BCUT2D eigenvalue weighted by molar-refractivity contribution is 5.94. The van der Waals surface area contributed by atoms with E-state index in [0.29, 0.717) is 18.4 Å². The third kappa shape index (κ3) is 4.22. The van der Waals surface area contributed by atoms with Gasteiger partial charge in [-0.25, -0.2) is 0 Å². The highest BCUT2D eigenvalue weighted by Gasteiger charge is 2.27. The van der Waals surface area contributed by atoms with Crippen LogP contribution in [-0.4, -0.2) is 23.9 Å². The van der Waals surface area contributed by atoms with Crippen molar-refractivity contribution in [2.45, 2.75) is 33.2 Å². The van der Waals surface area contributed by atoms with Crippen LogP contribution in [0.1, 0.15) is 42.6 Å². The first-order valence-corrected chi connectivity index (χ1v) is 7.18. The highest BCUT2D eigenvalue weighted by Crippen LogP contribution is 2.24. The second-order valence-electron chi connectivity index (χ2n) is 5.94. The van der Waals surface area contributed by atoms with Crippen LogP contribution in [0.2, 0.25) is 0 Å². The molecule has 0 bridgehead atoms. The van der Waals surface area contributed by atoms with E-state index in [1.165, 1.54) is 6.42 Å². The van der Waals surface area contributed by atoms with E-state index >= 15 is 0 Å². The average molecular weight is 297 g/mol. The van der Waals surface area contributed by atoms with Crippen LogP contribution in [-0.2, 0) is 6.54 Å². The first kappa shape index (κ1) is 17.0. The average Bonchev–Trinajstić information content (AvgIpc) is 2.85. The van der Waals surface area contributed by atoms with E-state index in [-0.39, 0.29) is 18.3 Å². The predicted octanol–water partition coefficient (Wildman–Crippen LogP) is 3.08. The fourth-order valence-electron chi connectivity index (χ4n) is 2.84. The Morgan fingerprint density at radius 1 is 1.35 bits per heavy atom. The van der Waals surface area contributed by atoms with Crippen LogP contribution < -0.4 is 5.73 Å². The lowest BCUT2D eigenvalue weighted by molar-refractivity contribution is 0.0785. The quantitative estimate of drug-likeness (QED) is 0.928. The number of nitrogens with two attached hydrogens (primary N) is 1. The number of carbonyl (C=O) groups is 1. The molecule has 1 aromatic rings. The van der Waals surface area contributed by atoms with E-state index in [9.17, 15) is 4.79 Å². The van der Waals surface area contributed by atoms with Crippen molar-refractivity contribution in [3.05, 3.63) is 35.4 Å². The van der Waals surface area contributed by atoms with Gasteiger partial charge in [-0.1, -0.05) is 26.0 Å². The third-order valence-electron chi connectivity index (χ3n) is 3.81. The fraction of sp³-hybridized carbons (Fsp3) is 0.562. The Bertz CT molecular complexity index is 431. The summed E-state index contributed by atoms with van der Waals surface area (Å²) in [6, 6.07) is 7.66. The number of likely N-dealkylation sites (tertiary alicyclic amines) is 1. The van der Waals surface area contributed by atoms with Gasteiger partial charge >= 0.3 is 0 Å². The van der Waals surface area contributed by atoms with Crippen molar-refractivity contribution in [1.29, 1.82) is 0 Å². The van der Waals surface area contributed by atoms with Gasteiger partial charge in [0.2, 0.25) is 0 Å². The lowest BCUT2D eigenvalue weighted by Gasteiger charge is -2.17. The van der Waals surface area contributed by atoms with Crippen LogP contribution >= 0.6 is 12.4 Å². The van der Waals surface area contributed by atoms with E-state index in [1.807, 2.05) is 29.2 Å². The maximum absolute atomic E-state index is 12.4. The van der Waals surface area contributed by atoms with Crippen LogP contribution in [0, 0.1) is 11.8 Å². The zero-order chi connectivity index (χ0) is 13.8. The number of hydrogen-bond donors (Lipinski definition) is 1. The summed E-state index contributed by atoms with van der Waals surface area (Å²) in [6.45, 7) is 6.82. The largest absolute Gasteiger partial charge is 0.338 e. The van der Waals surface area contributed by atoms with Gasteiger partial charge in [-0.2, -0.15) is 0 Å². The molecule has 1 unspecified atom stereocenters. The molecule has 2 rings (SSSR count). The lowest BCUT2D eigenvalue weighted by atomic mass is 9.97. The van der Waals surface area contributed by atoms with E-state index in [2.05, 4.69) is 13.8 Å². The van der Waals surface area contributed by atoms with Crippen molar-refractivity contribution < 1.29 is 4.79 Å². The molecule has 20 heavy (non-hydrogen) atoms. The minimum atomic E-state index is 0. The SMILES string of the molecule is CC(C)CC1CCN(C(=O)c2ccc(CN)cc2)C1.Cl. The first-order chi connectivity index (χ1) is 9.10. The van der Waals surface area contributed by atoms with Crippen LogP contribution in [0.5, 0.6) is 0 Å². The Morgan fingerprint density at radius 3 is 2.55 bits per heavy atom. The molecule has 112 valence electrons. The molecule has 2 N–H and O–H groups in total. The van der Waals surface area contributed by atoms with Crippen molar-refractivity contribution in [1.82, 2.24) is 4.90 Å². The summed E-state index contributed by atoms with van der Waals surface area (Å²) in [5.74, 6) is 1.55. The summed E-state index contributed by atoms with van der Waals surface area (Å²) < 4.78 is 0. The zero-order valence-corrected chi connectivity index (χ0v) is 13.2. The lowest BCUT2D eigenvalue weighted by Crippen LogP contribution is -2.28. The fourth-order valence-corrected chi connectivity index (χ4v) is 2.84. The third-order valence-corrected chi connectivity index (χ3v) is 3.81. The maximum atomic E-state index is 12.4. The summed E-state index contributed by atoms with van der Waals surface area (Å²) in [7, 11) is 0. The number of rotatable bonds is 4. The number of nitrogens with zero attached hydrogens (tertiary/aromatic N) is 1. The van der Waals surface area contributed by atoms with Gasteiger partial charge in [-0.3, -0.25) is 4.79 Å². The molecule has 1 aliphatic heterocycles. The first-order valence-electron chi connectivity index (χ1n) is 7.18. The molecule has 0 spiro atoms. The van der Waals surface area contributed by atoms with Crippen molar-refractivity contribution in [3.63, 3.8) is 0 Å². The topological polar surface area (TPSA) is 46.3 Å². The summed E-state index contributed by atoms with van der Waals surface area (Å²) in [5, 5.41) is 0. The standard InChI is InChI=1S/C16H24N2O.ClH/c1-12(2)9-14-7-8-18(11-14)16(19)15-5-3-13(10-17)4-6-15;/h3-6,12,14H,7-11,17H2,1-2H3;1H. The number of benzene rings is 1. The van der Waals surface area contributed by atoms with E-state index in [4.69, 9.17) is 5.73 Å². The zero-order valence-electron chi connectivity index (χ0n) is 12.3. The Kier molecular flexibility index (Phi) is 6.50. The van der Waals surface area contributed by atoms with Crippen LogP contribution in [0.3, 0.4) is 0 Å². The second-order valence-corrected chi connectivity index (χ2v) is 5.94. The van der Waals surface area contributed by atoms with Gasteiger partial charge in [-0.05, 0) is 42.4 Å². The molecule has 1 aliphatic rings. The molecule has 1 heterocycles. The Balaban J connectivity index is 0.00000200. The van der Waals surface area contributed by atoms with Gasteiger partial charge in [0.05, 0.1) is 0 Å². The molecular formula is C16H25ClN2O. The minimum absolute atomic E-state index is 0. The van der Waals surface area contributed by atoms with Gasteiger partial charge < -0.3 is 10.6 Å². The van der Waals surface area contributed by atoms with Crippen LogP contribution in [0.4, 0.5) is 0 Å². The van der Waals surface area contributed by atoms with E-state index < -0.39 is 0 Å². The molecule has 0 radical (unpaired) electrons. The van der Waals surface area contributed by atoms with Gasteiger partial charge in [0.25, 0.3) is 5.91 Å². The van der Waals surface area contributed by atoms with E-state index in [1.54, 1.807) is 0 Å². The van der Waals surface area contributed by atoms with Gasteiger partial charge in [0.15, 0.2) is 0 Å². The number of amides is 1. The summed E-state index contributed by atoms with van der Waals surface area (Å²) in [5.41, 5.74) is 7.41. The van der Waals surface area contributed by atoms with Gasteiger partial charge in [0.1, 0.15) is 0 Å². The normalized spacial score (nSPS) is 18.2. The van der Waals surface area contributed by atoms with Gasteiger partial charge in [-0.15, -0.1) is 12.4 Å². The summed E-state index contributed by atoms with van der Waals surface area (Å²) in [6.07, 6.45) is 2.36. The summed E-state index contributed by atoms with van der Waals surface area (Å²) in [4.78, 5) is 14.4. The van der Waals surface area contributed by atoms with Crippen molar-refractivity contribution in [3.8, 4) is 0 Å². The molecular weight excluding hydrogens is 272 g/mol. The predicted molar refractivity (Wildman–Crippen MR) is 85.0 cm³/mol. The minimum Gasteiger partial charge on any atom is -0.338 e. The van der Waals surface area contributed by atoms with E-state index in [0.717, 1.165) is 30.6 Å². The van der Waals surface area contributed by atoms with Crippen LogP contribution in [0.25, 0.3) is 0 Å². The Morgan fingerprint density at radius 2 is 2.00 bits per heavy atom. The van der Waals surface area contributed by atoms with Crippen molar-refractivity contribution >= 4 is 18.3 Å². The Labute approximate surface area is 127 Å². The molecule has 4 heteroatoms. The monoisotopic (exact) mass is 296 g/mol. The highest BCUT2D eigenvalue weighted by atomic mass is 35.5. The van der Waals surface area contributed by atoms with Gasteiger partial charge in [0, 0.05) is 25.2 Å². The number of halogens is 1. The number of carbonyl (C=O) groups excluding carboxylic acids is 1. The second kappa shape index (κ2) is 7.65. The smallest absolute Gasteiger partial charge is 0.253 e. The molecule has 1 saturated heterocycles. The molecule has 1 amide bonds. The molecule has 1 atom stereocenters. The molecule has 3 nitrogen and oxygen atoms in total. The molecule has 1 fully saturated rings. The number of hydrogen-bond acceptors (Lipinski definition) is 2. The molecule has 0 saturated carbocycles. The molecule has 1 aromatic carbocycles.